The van der Waals surface area contributed by atoms with Gasteiger partial charge in [-0.1, -0.05) is 103 Å². The number of hydrogen-bond donors (Lipinski definition) is 5. The van der Waals surface area contributed by atoms with Gasteiger partial charge in [0.1, 0.15) is 31.5 Å². The van der Waals surface area contributed by atoms with Crippen LogP contribution >= 0.6 is 39.1 Å². The van der Waals surface area contributed by atoms with Gasteiger partial charge in [-0.15, -0.1) is 0 Å². The van der Waals surface area contributed by atoms with Crippen molar-refractivity contribution in [3.05, 3.63) is 184 Å². The molecule has 11 aromatic rings. The first-order valence-corrected chi connectivity index (χ1v) is 24.4. The van der Waals surface area contributed by atoms with Crippen LogP contribution in [0.5, 0.6) is 0 Å². The number of aromatic amines is 3. The molecular weight excluding hydrogens is 1000 g/mol. The molecule has 0 aliphatic carbocycles. The summed E-state index contributed by atoms with van der Waals surface area (Å²) in [7, 11) is 0. The summed E-state index contributed by atoms with van der Waals surface area (Å²) in [5.41, 5.74) is 13.9. The summed E-state index contributed by atoms with van der Waals surface area (Å²) >= 11 is 15.3. The molecule has 5 N–H and O–H groups in total. The fourth-order valence-electron chi connectivity index (χ4n) is 7.82. The Hall–Kier alpha value is -7.66. The zero-order valence-corrected chi connectivity index (χ0v) is 41.8. The van der Waals surface area contributed by atoms with Gasteiger partial charge in [0.25, 0.3) is 0 Å². The van der Waals surface area contributed by atoms with Gasteiger partial charge in [0.15, 0.2) is 22.8 Å². The third-order valence-electron chi connectivity index (χ3n) is 11.4. The predicted molar refractivity (Wildman–Crippen MR) is 285 cm³/mol. The third kappa shape index (κ3) is 11.7. The van der Waals surface area contributed by atoms with Gasteiger partial charge in [-0.2, -0.15) is 0 Å². The normalized spacial score (nSPS) is 11.9. The first-order valence-electron chi connectivity index (χ1n) is 22.8. The van der Waals surface area contributed by atoms with Crippen LogP contribution < -0.4 is 10.6 Å². The SMILES string of the molecule is CCCCc1cccc(-c2c[nH]c3ncc(Br)nc23)n1.C[C@H](Nc1cc(-c2c[nH]c3ncc(Cl)nc23)ncc1F)c1ccccc1.C[C@H](Nc1ccnc(-c2c[nH]c3ncc(Cl)nc23)c1)c1ccccc1. The molecule has 9 heterocycles. The summed E-state index contributed by atoms with van der Waals surface area (Å²) in [4.78, 5) is 48.5. The van der Waals surface area contributed by atoms with Gasteiger partial charge >= 0.3 is 0 Å². The van der Waals surface area contributed by atoms with Gasteiger partial charge in [0, 0.05) is 64.9 Å². The molecule has 0 saturated heterocycles. The highest BCUT2D eigenvalue weighted by molar-refractivity contribution is 9.10. The van der Waals surface area contributed by atoms with Crippen LogP contribution in [-0.4, -0.2) is 59.8 Å². The first-order chi connectivity index (χ1) is 34.6. The van der Waals surface area contributed by atoms with Crippen molar-refractivity contribution in [1.29, 1.82) is 0 Å². The quantitative estimate of drug-likeness (QED) is 0.0783. The van der Waals surface area contributed by atoms with E-state index in [2.05, 4.69) is 120 Å². The van der Waals surface area contributed by atoms with Crippen LogP contribution in [0.1, 0.15) is 62.5 Å². The Bertz CT molecular complexity index is 3550. The number of hydrogen-bond acceptors (Lipinski definition) is 11. The Morgan fingerprint density at radius 3 is 1.73 bits per heavy atom. The maximum atomic E-state index is 14.3. The van der Waals surface area contributed by atoms with Crippen molar-refractivity contribution in [3.8, 4) is 33.8 Å². The molecular formula is C53H46BrCl2FN14. The third-order valence-corrected chi connectivity index (χ3v) is 12.2. The van der Waals surface area contributed by atoms with Crippen LogP contribution in [0.25, 0.3) is 67.3 Å². The lowest BCUT2D eigenvalue weighted by Gasteiger charge is -2.16. The van der Waals surface area contributed by atoms with Crippen molar-refractivity contribution in [3.63, 3.8) is 0 Å². The summed E-state index contributed by atoms with van der Waals surface area (Å²) in [6, 6.07) is 32.1. The Morgan fingerprint density at radius 1 is 0.577 bits per heavy atom. The van der Waals surface area contributed by atoms with E-state index >= 15 is 0 Å². The van der Waals surface area contributed by atoms with E-state index in [9.17, 15) is 4.39 Å². The molecule has 2 aromatic carbocycles. The van der Waals surface area contributed by atoms with E-state index in [4.69, 9.17) is 28.2 Å². The second kappa shape index (κ2) is 22.4. The lowest BCUT2D eigenvalue weighted by atomic mass is 10.1. The second-order valence-electron chi connectivity index (χ2n) is 16.4. The monoisotopic (exact) mass is 1050 g/mol. The minimum Gasteiger partial charge on any atom is -0.378 e. The topological polar surface area (TPSA) is 187 Å². The molecule has 0 aliphatic rings. The number of aromatic nitrogens is 12. The average molecular weight is 1050 g/mol. The number of unbranched alkanes of at least 4 members (excludes halogenated alkanes) is 1. The average Bonchev–Trinajstić information content (AvgIpc) is 4.14. The van der Waals surface area contributed by atoms with E-state index in [-0.39, 0.29) is 17.2 Å². The molecule has 0 bridgehead atoms. The van der Waals surface area contributed by atoms with Gasteiger partial charge in [0.05, 0.1) is 47.6 Å². The predicted octanol–water partition coefficient (Wildman–Crippen LogP) is 14.0. The van der Waals surface area contributed by atoms with Gasteiger partial charge < -0.3 is 25.6 Å². The Kier molecular flexibility index (Phi) is 15.3. The van der Waals surface area contributed by atoms with Crippen molar-refractivity contribution in [2.45, 2.75) is 52.1 Å². The van der Waals surface area contributed by atoms with E-state index in [0.29, 0.717) is 44.4 Å². The van der Waals surface area contributed by atoms with Crippen LogP contribution in [0.3, 0.4) is 0 Å². The molecule has 0 spiro atoms. The molecule has 0 fully saturated rings. The van der Waals surface area contributed by atoms with E-state index in [1.54, 1.807) is 24.7 Å². The Balaban J connectivity index is 0.000000133. The summed E-state index contributed by atoms with van der Waals surface area (Å²) in [5, 5.41) is 7.36. The molecule has 14 nitrogen and oxygen atoms in total. The second-order valence-corrected chi connectivity index (χ2v) is 18.0. The molecule has 0 aliphatic heterocycles. The van der Waals surface area contributed by atoms with Crippen molar-refractivity contribution < 1.29 is 4.39 Å². The summed E-state index contributed by atoms with van der Waals surface area (Å²) < 4.78 is 15.0. The number of benzene rings is 2. The summed E-state index contributed by atoms with van der Waals surface area (Å²) in [6.07, 6.45) is 16.5. The van der Waals surface area contributed by atoms with Crippen LogP contribution in [-0.2, 0) is 6.42 Å². The van der Waals surface area contributed by atoms with Gasteiger partial charge in [0.2, 0.25) is 0 Å². The lowest BCUT2D eigenvalue weighted by molar-refractivity contribution is 0.621. The van der Waals surface area contributed by atoms with Crippen LogP contribution in [0, 0.1) is 5.82 Å². The number of aryl methyl sites for hydroxylation is 1. The zero-order valence-electron chi connectivity index (χ0n) is 38.7. The molecule has 11 rings (SSSR count). The van der Waals surface area contributed by atoms with Crippen molar-refractivity contribution in [2.75, 3.05) is 10.6 Å². The fourth-order valence-corrected chi connectivity index (χ4v) is 8.37. The molecule has 356 valence electrons. The number of anilines is 2. The van der Waals surface area contributed by atoms with E-state index in [1.165, 1.54) is 30.6 Å². The van der Waals surface area contributed by atoms with E-state index in [1.807, 2.05) is 86.0 Å². The lowest BCUT2D eigenvalue weighted by Crippen LogP contribution is -2.08. The zero-order chi connectivity index (χ0) is 49.3. The number of rotatable bonds is 12. The molecule has 2 atom stereocenters. The number of fused-ring (bicyclic) bond motifs is 3. The Morgan fingerprint density at radius 2 is 1.13 bits per heavy atom. The highest BCUT2D eigenvalue weighted by atomic mass is 79.9. The molecule has 18 heteroatoms. The largest absolute Gasteiger partial charge is 0.378 e. The summed E-state index contributed by atoms with van der Waals surface area (Å²) in [5.74, 6) is -0.416. The summed E-state index contributed by atoms with van der Waals surface area (Å²) in [6.45, 7) is 6.30. The van der Waals surface area contributed by atoms with Crippen LogP contribution in [0.15, 0.2) is 151 Å². The van der Waals surface area contributed by atoms with Crippen LogP contribution in [0.4, 0.5) is 15.8 Å². The number of pyridine rings is 3. The maximum Gasteiger partial charge on any atom is 0.164 e. The minimum atomic E-state index is -0.416. The first kappa shape index (κ1) is 48.4. The standard InChI is InChI=1S/C19H15ClFN5.C19H16ClN5.C15H15BrN4/c1-11(12-5-3-2-4-6-12)25-16-7-15(22-9-14(16)21)13-8-23-19-18(13)26-17(20)10-24-19;1-12(13-5-3-2-4-6-13)24-14-7-8-21-16(9-14)15-10-22-19-18(15)25-17(20)11-23-19;1-2-3-5-10-6-4-7-12(19-10)11-8-17-15-14(11)20-13(16)9-18-15/h2-11H,1H3,(H,22,25)(H,23,24);2-12H,1H3,(H,21,24)(H,22,23);4,6-9H,2-3,5H2,1H3,(H,17,18)/t11-;12-;/m00./s1. The van der Waals surface area contributed by atoms with Gasteiger partial charge in [-0.25, -0.2) is 34.3 Å². The van der Waals surface area contributed by atoms with E-state index < -0.39 is 5.82 Å². The highest BCUT2D eigenvalue weighted by Gasteiger charge is 2.16. The fraction of sp³-hybridized carbons (Fsp3) is 0.151. The minimum absolute atomic E-state index is 0.0573. The Labute approximate surface area is 426 Å². The number of H-pyrrole nitrogens is 3. The number of halogens is 4. The molecule has 0 saturated carbocycles. The smallest absolute Gasteiger partial charge is 0.164 e. The molecule has 0 unspecified atom stereocenters. The maximum absolute atomic E-state index is 14.3. The van der Waals surface area contributed by atoms with E-state index in [0.717, 1.165) is 68.1 Å². The van der Waals surface area contributed by atoms with Crippen molar-refractivity contribution >= 4 is 84.0 Å². The van der Waals surface area contributed by atoms with Crippen LogP contribution in [0.2, 0.25) is 10.3 Å². The number of nitrogens with one attached hydrogen (secondary N) is 5. The van der Waals surface area contributed by atoms with Crippen molar-refractivity contribution in [1.82, 2.24) is 59.8 Å². The van der Waals surface area contributed by atoms with Gasteiger partial charge in [-0.3, -0.25) is 15.0 Å². The highest BCUT2D eigenvalue weighted by Crippen LogP contribution is 2.32. The van der Waals surface area contributed by atoms with Crippen molar-refractivity contribution in [2.24, 2.45) is 0 Å². The number of nitrogens with zero attached hydrogens (tertiary/aromatic N) is 9. The van der Waals surface area contributed by atoms with Gasteiger partial charge in [-0.05, 0) is 84.1 Å². The molecule has 71 heavy (non-hydrogen) atoms. The molecule has 9 aromatic heterocycles. The molecule has 0 amide bonds. The molecule has 0 radical (unpaired) electrons.